The highest BCUT2D eigenvalue weighted by molar-refractivity contribution is 6.19. The first-order valence-electron chi connectivity index (χ1n) is 3.33. The summed E-state index contributed by atoms with van der Waals surface area (Å²) in [5.41, 5.74) is 0.582. The Morgan fingerprint density at radius 1 is 1.42 bits per heavy atom. The van der Waals surface area contributed by atoms with E-state index in [-0.39, 0.29) is 19.1 Å². The third-order valence-electron chi connectivity index (χ3n) is 1.03. The van der Waals surface area contributed by atoms with Crippen molar-refractivity contribution in [1.29, 1.82) is 0 Å². The lowest BCUT2D eigenvalue weighted by Crippen LogP contribution is -2.12. The Morgan fingerprint density at radius 2 is 2.00 bits per heavy atom. The van der Waals surface area contributed by atoms with Gasteiger partial charge in [-0.05, 0) is 5.57 Å². The normalized spacial score (nSPS) is 11.7. The average Bonchev–Trinajstić information content (AvgIpc) is 1.96. The second-order valence-electron chi connectivity index (χ2n) is 2.30. The van der Waals surface area contributed by atoms with Crippen molar-refractivity contribution in [1.82, 2.24) is 0 Å². The van der Waals surface area contributed by atoms with E-state index < -0.39 is 12.6 Å². The maximum Gasteiger partial charge on any atom is 0.391 e. The predicted octanol–water partition coefficient (Wildman–Crippen LogP) is 2.75. The molecule has 72 valence electrons. The van der Waals surface area contributed by atoms with Crippen LogP contribution in [0.4, 0.5) is 13.2 Å². The van der Waals surface area contributed by atoms with Gasteiger partial charge in [0.2, 0.25) is 0 Å². The van der Waals surface area contributed by atoms with Crippen LogP contribution in [-0.4, -0.2) is 25.3 Å². The monoisotopic (exact) mass is 202 g/mol. The zero-order valence-electron chi connectivity index (χ0n) is 6.46. The maximum atomic E-state index is 11.5. The molecule has 1 nitrogen and oxygen atoms in total. The molecule has 5 heteroatoms. The van der Waals surface area contributed by atoms with Crippen molar-refractivity contribution >= 4 is 11.6 Å². The Balaban J connectivity index is 3.28. The second-order valence-corrected chi connectivity index (χ2v) is 2.57. The topological polar surface area (TPSA) is 9.23 Å². The number of alkyl halides is 4. The van der Waals surface area contributed by atoms with Crippen LogP contribution in [0.15, 0.2) is 12.2 Å². The second kappa shape index (κ2) is 5.43. The van der Waals surface area contributed by atoms with Gasteiger partial charge in [-0.1, -0.05) is 6.58 Å². The minimum Gasteiger partial charge on any atom is -0.377 e. The Hall–Kier alpha value is -0.220. The zero-order valence-corrected chi connectivity index (χ0v) is 7.21. The Morgan fingerprint density at radius 3 is 2.42 bits per heavy atom. The lowest BCUT2D eigenvalue weighted by molar-refractivity contribution is -0.144. The Bertz CT molecular complexity index is 144. The van der Waals surface area contributed by atoms with E-state index in [9.17, 15) is 13.2 Å². The fourth-order valence-corrected chi connectivity index (χ4v) is 0.520. The molecule has 0 aromatic carbocycles. The summed E-state index contributed by atoms with van der Waals surface area (Å²) in [6, 6.07) is 0. The molecule has 0 fully saturated rings. The first kappa shape index (κ1) is 11.8. The fourth-order valence-electron chi connectivity index (χ4n) is 0.443. The zero-order chi connectivity index (χ0) is 9.61. The van der Waals surface area contributed by atoms with Crippen molar-refractivity contribution in [2.75, 3.05) is 19.1 Å². The summed E-state index contributed by atoms with van der Waals surface area (Å²) in [5, 5.41) is 0. The van der Waals surface area contributed by atoms with Crippen LogP contribution < -0.4 is 0 Å². The van der Waals surface area contributed by atoms with Crippen LogP contribution in [0.2, 0.25) is 0 Å². The van der Waals surface area contributed by atoms with Crippen LogP contribution in [0.5, 0.6) is 0 Å². The van der Waals surface area contributed by atoms with E-state index >= 15 is 0 Å². The number of ether oxygens (including phenoxy) is 1. The molecule has 0 aliphatic carbocycles. The van der Waals surface area contributed by atoms with Gasteiger partial charge >= 0.3 is 6.18 Å². The van der Waals surface area contributed by atoms with Crippen LogP contribution in [-0.2, 0) is 4.74 Å². The van der Waals surface area contributed by atoms with Crippen LogP contribution in [0, 0.1) is 0 Å². The molecule has 0 aromatic rings. The van der Waals surface area contributed by atoms with Crippen molar-refractivity contribution in [3.8, 4) is 0 Å². The molecule has 0 unspecified atom stereocenters. The van der Waals surface area contributed by atoms with Crippen LogP contribution >= 0.6 is 11.6 Å². The summed E-state index contributed by atoms with van der Waals surface area (Å²) in [5.74, 6) is 0.214. The van der Waals surface area contributed by atoms with E-state index in [4.69, 9.17) is 11.6 Å². The molecular formula is C7H10ClF3O. The molecule has 12 heavy (non-hydrogen) atoms. The van der Waals surface area contributed by atoms with E-state index in [1.165, 1.54) is 0 Å². The molecule has 0 radical (unpaired) electrons. The van der Waals surface area contributed by atoms with Gasteiger partial charge in [0.25, 0.3) is 0 Å². The average molecular weight is 203 g/mol. The molecule has 0 bridgehead atoms. The first-order chi connectivity index (χ1) is 5.45. The fraction of sp³-hybridized carbons (Fsp3) is 0.714. The number of hydrogen-bond donors (Lipinski definition) is 0. The lowest BCUT2D eigenvalue weighted by Gasteiger charge is -2.07. The third-order valence-corrected chi connectivity index (χ3v) is 1.40. The predicted molar refractivity (Wildman–Crippen MR) is 41.4 cm³/mol. The van der Waals surface area contributed by atoms with Gasteiger partial charge in [0.1, 0.15) is 0 Å². The number of halogens is 4. The third kappa shape index (κ3) is 7.88. The minimum absolute atomic E-state index is 0.0968. The van der Waals surface area contributed by atoms with E-state index in [1.807, 2.05) is 0 Å². The SMILES string of the molecule is C=C(CCl)COCCC(F)(F)F. The quantitative estimate of drug-likeness (QED) is 0.378. The van der Waals surface area contributed by atoms with Crippen LogP contribution in [0.25, 0.3) is 0 Å². The molecule has 0 aliphatic heterocycles. The highest BCUT2D eigenvalue weighted by Gasteiger charge is 2.26. The van der Waals surface area contributed by atoms with Crippen molar-refractivity contribution < 1.29 is 17.9 Å². The maximum absolute atomic E-state index is 11.5. The molecule has 0 aromatic heterocycles. The highest BCUT2D eigenvalue weighted by Crippen LogP contribution is 2.18. The van der Waals surface area contributed by atoms with Crippen molar-refractivity contribution in [2.24, 2.45) is 0 Å². The van der Waals surface area contributed by atoms with Gasteiger partial charge in [-0.15, -0.1) is 11.6 Å². The molecule has 0 amide bonds. The Labute approximate surface area is 74.2 Å². The summed E-state index contributed by atoms with van der Waals surface area (Å²) < 4.78 is 39.3. The minimum atomic E-state index is -4.15. The summed E-state index contributed by atoms with van der Waals surface area (Å²) in [4.78, 5) is 0. The molecular weight excluding hydrogens is 193 g/mol. The molecule has 0 atom stereocenters. The smallest absolute Gasteiger partial charge is 0.377 e. The van der Waals surface area contributed by atoms with Gasteiger partial charge in [-0.2, -0.15) is 13.2 Å². The molecule has 0 spiro atoms. The number of hydrogen-bond acceptors (Lipinski definition) is 1. The van der Waals surface area contributed by atoms with E-state index in [1.54, 1.807) is 0 Å². The molecule has 0 saturated carbocycles. The summed E-state index contributed by atoms with van der Waals surface area (Å²) in [6.07, 6.45) is -5.08. The number of rotatable bonds is 5. The molecule has 0 aliphatic rings. The van der Waals surface area contributed by atoms with Gasteiger partial charge in [0, 0.05) is 5.88 Å². The van der Waals surface area contributed by atoms with Gasteiger partial charge in [0.05, 0.1) is 19.6 Å². The lowest BCUT2D eigenvalue weighted by atomic mass is 10.4. The van der Waals surface area contributed by atoms with Gasteiger partial charge in [0.15, 0.2) is 0 Å². The first-order valence-corrected chi connectivity index (χ1v) is 3.86. The van der Waals surface area contributed by atoms with E-state index in [2.05, 4.69) is 11.3 Å². The molecule has 0 heterocycles. The van der Waals surface area contributed by atoms with Crippen molar-refractivity contribution in [3.63, 3.8) is 0 Å². The van der Waals surface area contributed by atoms with E-state index in [0.717, 1.165) is 0 Å². The van der Waals surface area contributed by atoms with E-state index in [0.29, 0.717) is 5.57 Å². The van der Waals surface area contributed by atoms with Crippen molar-refractivity contribution in [2.45, 2.75) is 12.6 Å². The van der Waals surface area contributed by atoms with Crippen molar-refractivity contribution in [3.05, 3.63) is 12.2 Å². The van der Waals surface area contributed by atoms with Gasteiger partial charge in [-0.3, -0.25) is 0 Å². The summed E-state index contributed by atoms with van der Waals surface area (Å²) in [6.45, 7) is 3.23. The van der Waals surface area contributed by atoms with Crippen LogP contribution in [0.1, 0.15) is 6.42 Å². The van der Waals surface area contributed by atoms with Gasteiger partial charge in [-0.25, -0.2) is 0 Å². The summed E-state index contributed by atoms with van der Waals surface area (Å²) in [7, 11) is 0. The standard InChI is InChI=1S/C7H10ClF3O/c1-6(4-8)5-12-3-2-7(9,10)11/h1-5H2. The van der Waals surface area contributed by atoms with Gasteiger partial charge < -0.3 is 4.74 Å². The summed E-state index contributed by atoms with van der Waals surface area (Å²) >= 11 is 5.32. The molecule has 0 N–H and O–H groups in total. The Kier molecular flexibility index (Phi) is 5.33. The highest BCUT2D eigenvalue weighted by atomic mass is 35.5. The van der Waals surface area contributed by atoms with Crippen LogP contribution in [0.3, 0.4) is 0 Å². The largest absolute Gasteiger partial charge is 0.391 e. The molecule has 0 saturated heterocycles. The molecule has 0 rings (SSSR count).